The van der Waals surface area contributed by atoms with Crippen LogP contribution in [0.3, 0.4) is 0 Å². The molecule has 0 N–H and O–H groups in total. The lowest BCUT2D eigenvalue weighted by Gasteiger charge is -2.22. The van der Waals surface area contributed by atoms with Crippen LogP contribution in [0.2, 0.25) is 0 Å². The van der Waals surface area contributed by atoms with Crippen molar-refractivity contribution in [3.63, 3.8) is 0 Å². The molecule has 0 spiro atoms. The summed E-state index contributed by atoms with van der Waals surface area (Å²) in [7, 11) is 0. The van der Waals surface area contributed by atoms with Crippen molar-refractivity contribution >= 4 is 22.9 Å². The third kappa shape index (κ3) is 3.45. The predicted octanol–water partition coefficient (Wildman–Crippen LogP) is 4.76. The van der Waals surface area contributed by atoms with Crippen molar-refractivity contribution in [1.29, 1.82) is 0 Å². The SMILES string of the molecule is Cc1nc(COc2ccc(F)cc2)sc1C(=O)N1c2ccccc2C[C@H]1C. The van der Waals surface area contributed by atoms with Crippen LogP contribution in [-0.4, -0.2) is 16.9 Å². The van der Waals surface area contributed by atoms with Gasteiger partial charge in [-0.15, -0.1) is 11.3 Å². The molecule has 2 heterocycles. The van der Waals surface area contributed by atoms with Gasteiger partial charge in [-0.2, -0.15) is 0 Å². The molecule has 6 heteroatoms. The van der Waals surface area contributed by atoms with Crippen LogP contribution in [-0.2, 0) is 13.0 Å². The molecule has 2 aromatic carbocycles. The Bertz CT molecular complexity index is 984. The Labute approximate surface area is 161 Å². The zero-order chi connectivity index (χ0) is 19.0. The van der Waals surface area contributed by atoms with E-state index in [1.165, 1.54) is 29.0 Å². The first-order valence-corrected chi connectivity index (χ1v) is 9.60. The standard InChI is InChI=1S/C21H19FN2O2S/c1-13-11-15-5-3-4-6-18(15)24(13)21(25)20-14(2)23-19(27-20)12-26-17-9-7-16(22)8-10-17/h3-10,13H,11-12H2,1-2H3/t13-/m1/s1. The third-order valence-electron chi connectivity index (χ3n) is 4.64. The minimum atomic E-state index is -0.305. The highest BCUT2D eigenvalue weighted by atomic mass is 32.1. The molecule has 1 aliphatic rings. The number of aryl methyl sites for hydroxylation is 1. The Morgan fingerprint density at radius 2 is 2.00 bits per heavy atom. The van der Waals surface area contributed by atoms with Gasteiger partial charge in [-0.25, -0.2) is 9.37 Å². The van der Waals surface area contributed by atoms with E-state index in [-0.39, 0.29) is 24.4 Å². The van der Waals surface area contributed by atoms with E-state index < -0.39 is 0 Å². The van der Waals surface area contributed by atoms with Gasteiger partial charge in [-0.1, -0.05) is 18.2 Å². The summed E-state index contributed by atoms with van der Waals surface area (Å²) in [5.74, 6) is 0.245. The number of para-hydroxylation sites is 1. The molecule has 1 aromatic heterocycles. The van der Waals surface area contributed by atoms with Crippen LogP contribution in [0.15, 0.2) is 48.5 Å². The van der Waals surface area contributed by atoms with Gasteiger partial charge < -0.3 is 9.64 Å². The third-order valence-corrected chi connectivity index (χ3v) is 5.76. The Balaban J connectivity index is 1.53. The number of aromatic nitrogens is 1. The Morgan fingerprint density at radius 3 is 2.78 bits per heavy atom. The molecule has 0 bridgehead atoms. The number of amides is 1. The molecule has 4 nitrogen and oxygen atoms in total. The lowest BCUT2D eigenvalue weighted by atomic mass is 10.1. The van der Waals surface area contributed by atoms with Crippen LogP contribution >= 0.6 is 11.3 Å². The summed E-state index contributed by atoms with van der Waals surface area (Å²) in [5, 5.41) is 0.723. The van der Waals surface area contributed by atoms with Gasteiger partial charge in [0.25, 0.3) is 5.91 Å². The highest BCUT2D eigenvalue weighted by Gasteiger charge is 2.33. The predicted molar refractivity (Wildman–Crippen MR) is 104 cm³/mol. The van der Waals surface area contributed by atoms with Crippen LogP contribution in [0, 0.1) is 12.7 Å². The molecular formula is C21H19FN2O2S. The molecule has 3 aromatic rings. The average Bonchev–Trinajstić information content (AvgIpc) is 3.19. The fourth-order valence-electron chi connectivity index (χ4n) is 3.37. The van der Waals surface area contributed by atoms with E-state index >= 15 is 0 Å². The minimum absolute atomic E-state index is 0.0181. The molecule has 0 fully saturated rings. The van der Waals surface area contributed by atoms with E-state index in [0.29, 0.717) is 16.3 Å². The van der Waals surface area contributed by atoms with Gasteiger partial charge in [0, 0.05) is 11.7 Å². The first kappa shape index (κ1) is 17.7. The highest BCUT2D eigenvalue weighted by molar-refractivity contribution is 7.13. The summed E-state index contributed by atoms with van der Waals surface area (Å²) < 4.78 is 18.6. The molecule has 1 aliphatic heterocycles. The van der Waals surface area contributed by atoms with Crippen molar-refractivity contribution in [2.75, 3.05) is 4.90 Å². The monoisotopic (exact) mass is 382 g/mol. The van der Waals surface area contributed by atoms with Gasteiger partial charge in [0.05, 0.1) is 5.69 Å². The number of hydrogen-bond donors (Lipinski definition) is 0. The number of ether oxygens (including phenoxy) is 1. The maximum absolute atomic E-state index is 13.2. The number of thiazole rings is 1. The van der Waals surface area contributed by atoms with Gasteiger partial charge in [0.1, 0.15) is 28.1 Å². The van der Waals surface area contributed by atoms with Crippen molar-refractivity contribution in [3.05, 3.63) is 75.5 Å². The maximum atomic E-state index is 13.2. The molecule has 1 atom stereocenters. The van der Waals surface area contributed by atoms with E-state index in [2.05, 4.69) is 18.0 Å². The normalized spacial score (nSPS) is 15.7. The minimum Gasteiger partial charge on any atom is -0.486 e. The fourth-order valence-corrected chi connectivity index (χ4v) is 4.29. The maximum Gasteiger partial charge on any atom is 0.270 e. The quantitative estimate of drug-likeness (QED) is 0.653. The second-order valence-corrected chi connectivity index (χ2v) is 7.71. The van der Waals surface area contributed by atoms with Crippen LogP contribution < -0.4 is 9.64 Å². The summed E-state index contributed by atoms with van der Waals surface area (Å²) in [6.45, 7) is 4.15. The van der Waals surface area contributed by atoms with Crippen molar-refractivity contribution in [1.82, 2.24) is 4.98 Å². The Morgan fingerprint density at radius 1 is 1.26 bits per heavy atom. The van der Waals surface area contributed by atoms with Gasteiger partial charge in [0.15, 0.2) is 0 Å². The van der Waals surface area contributed by atoms with Gasteiger partial charge >= 0.3 is 0 Å². The lowest BCUT2D eigenvalue weighted by molar-refractivity contribution is 0.0984. The molecule has 27 heavy (non-hydrogen) atoms. The number of nitrogens with zero attached hydrogens (tertiary/aromatic N) is 2. The van der Waals surface area contributed by atoms with Crippen LogP contribution in [0.4, 0.5) is 10.1 Å². The number of carbonyl (C=O) groups excluding carboxylic acids is 1. The summed E-state index contributed by atoms with van der Waals surface area (Å²) in [4.78, 5) is 20.2. The van der Waals surface area contributed by atoms with Gasteiger partial charge in [-0.05, 0) is 56.2 Å². The Kier molecular flexibility index (Phi) is 4.66. The Hall–Kier alpha value is -2.73. The van der Waals surface area contributed by atoms with Crippen LogP contribution in [0.25, 0.3) is 0 Å². The van der Waals surface area contributed by atoms with Crippen molar-refractivity contribution < 1.29 is 13.9 Å². The lowest BCUT2D eigenvalue weighted by Crippen LogP contribution is -2.35. The van der Waals surface area contributed by atoms with E-state index in [4.69, 9.17) is 4.74 Å². The number of benzene rings is 2. The molecule has 0 radical (unpaired) electrons. The van der Waals surface area contributed by atoms with Crippen molar-refractivity contribution in [2.45, 2.75) is 32.9 Å². The zero-order valence-electron chi connectivity index (χ0n) is 15.1. The summed E-state index contributed by atoms with van der Waals surface area (Å²) in [5.41, 5.74) is 2.88. The largest absolute Gasteiger partial charge is 0.486 e. The summed E-state index contributed by atoms with van der Waals surface area (Å²) >= 11 is 1.35. The molecule has 138 valence electrons. The molecule has 4 rings (SSSR count). The summed E-state index contributed by atoms with van der Waals surface area (Å²) in [6, 6.07) is 14.0. The number of carbonyl (C=O) groups is 1. The van der Waals surface area contributed by atoms with E-state index in [1.54, 1.807) is 12.1 Å². The second-order valence-electron chi connectivity index (χ2n) is 6.62. The second kappa shape index (κ2) is 7.12. The van der Waals surface area contributed by atoms with E-state index in [0.717, 1.165) is 17.1 Å². The molecule has 0 unspecified atom stereocenters. The van der Waals surface area contributed by atoms with Gasteiger partial charge in [0.2, 0.25) is 0 Å². The van der Waals surface area contributed by atoms with E-state index in [1.807, 2.05) is 30.0 Å². The molecule has 0 saturated heterocycles. The number of rotatable bonds is 4. The molecule has 1 amide bonds. The van der Waals surface area contributed by atoms with E-state index in [9.17, 15) is 9.18 Å². The number of fused-ring (bicyclic) bond motifs is 1. The fraction of sp³-hybridized carbons (Fsp3) is 0.238. The van der Waals surface area contributed by atoms with Crippen molar-refractivity contribution in [2.24, 2.45) is 0 Å². The first-order valence-electron chi connectivity index (χ1n) is 8.79. The molecular weight excluding hydrogens is 363 g/mol. The smallest absolute Gasteiger partial charge is 0.270 e. The summed E-state index contributed by atoms with van der Waals surface area (Å²) in [6.07, 6.45) is 0.861. The topological polar surface area (TPSA) is 42.4 Å². The zero-order valence-corrected chi connectivity index (χ0v) is 15.9. The molecule has 0 saturated carbocycles. The number of hydrogen-bond acceptors (Lipinski definition) is 4. The first-order chi connectivity index (χ1) is 13.0. The van der Waals surface area contributed by atoms with Crippen LogP contribution in [0.5, 0.6) is 5.75 Å². The van der Waals surface area contributed by atoms with Crippen LogP contribution in [0.1, 0.15) is 32.9 Å². The van der Waals surface area contributed by atoms with Crippen molar-refractivity contribution in [3.8, 4) is 5.75 Å². The number of halogens is 1. The molecule has 0 aliphatic carbocycles. The highest BCUT2D eigenvalue weighted by Crippen LogP contribution is 2.34. The average molecular weight is 382 g/mol. The number of anilines is 1. The van der Waals surface area contributed by atoms with Gasteiger partial charge in [-0.3, -0.25) is 4.79 Å².